The molecule has 22 heavy (non-hydrogen) atoms. The minimum atomic E-state index is -0.223. The first-order valence-electron chi connectivity index (χ1n) is 6.72. The molecule has 0 spiro atoms. The molecule has 6 heteroatoms. The molecule has 1 aromatic carbocycles. The first-order valence-corrected chi connectivity index (χ1v) is 6.72. The highest BCUT2D eigenvalue weighted by Crippen LogP contribution is 2.13. The molecule has 0 aliphatic heterocycles. The topological polar surface area (TPSA) is 69.0 Å². The van der Waals surface area contributed by atoms with Gasteiger partial charge in [0.15, 0.2) is 6.61 Å². The lowest BCUT2D eigenvalue weighted by Gasteiger charge is -2.08. The Hall–Kier alpha value is -3.15. The fourth-order valence-electron chi connectivity index (χ4n) is 1.91. The standard InChI is InChI=1S/C16H14N4O2/c21-16(11-22-15-2-1-7-17-10-15)19-13-3-5-14(6-4-13)20-9-8-18-12-20/h1-10,12H,11H2,(H,19,21). The van der Waals surface area contributed by atoms with E-state index < -0.39 is 0 Å². The Kier molecular flexibility index (Phi) is 4.10. The predicted octanol–water partition coefficient (Wildman–Crippen LogP) is 2.28. The van der Waals surface area contributed by atoms with Gasteiger partial charge in [-0.15, -0.1) is 0 Å². The number of anilines is 1. The second kappa shape index (κ2) is 6.53. The molecule has 3 rings (SSSR count). The lowest BCUT2D eigenvalue weighted by Crippen LogP contribution is -2.20. The van der Waals surface area contributed by atoms with Crippen LogP contribution in [0.1, 0.15) is 0 Å². The molecule has 0 saturated heterocycles. The Labute approximate surface area is 127 Å². The van der Waals surface area contributed by atoms with Gasteiger partial charge >= 0.3 is 0 Å². The fourth-order valence-corrected chi connectivity index (χ4v) is 1.91. The second-order valence-corrected chi connectivity index (χ2v) is 4.54. The van der Waals surface area contributed by atoms with Crippen LogP contribution < -0.4 is 10.1 Å². The molecule has 0 aliphatic carbocycles. The monoisotopic (exact) mass is 294 g/mol. The van der Waals surface area contributed by atoms with Gasteiger partial charge in [-0.25, -0.2) is 4.98 Å². The zero-order chi connectivity index (χ0) is 15.2. The van der Waals surface area contributed by atoms with E-state index in [1.54, 1.807) is 37.1 Å². The molecular weight excluding hydrogens is 280 g/mol. The van der Waals surface area contributed by atoms with Crippen molar-refractivity contribution in [1.82, 2.24) is 14.5 Å². The van der Waals surface area contributed by atoms with Gasteiger partial charge in [-0.3, -0.25) is 9.78 Å². The van der Waals surface area contributed by atoms with Crippen LogP contribution in [0, 0.1) is 0 Å². The summed E-state index contributed by atoms with van der Waals surface area (Å²) in [6.45, 7) is -0.0606. The highest BCUT2D eigenvalue weighted by molar-refractivity contribution is 5.91. The summed E-state index contributed by atoms with van der Waals surface area (Å²) in [4.78, 5) is 19.7. The number of pyridine rings is 1. The van der Waals surface area contributed by atoms with Crippen LogP contribution in [0.2, 0.25) is 0 Å². The molecule has 3 aromatic rings. The molecule has 0 saturated carbocycles. The SMILES string of the molecule is O=C(COc1cccnc1)Nc1ccc(-n2ccnc2)cc1. The van der Waals surface area contributed by atoms with E-state index in [-0.39, 0.29) is 12.5 Å². The van der Waals surface area contributed by atoms with Crippen molar-refractivity contribution in [1.29, 1.82) is 0 Å². The van der Waals surface area contributed by atoms with E-state index in [2.05, 4.69) is 15.3 Å². The molecule has 110 valence electrons. The van der Waals surface area contributed by atoms with E-state index in [4.69, 9.17) is 4.74 Å². The molecule has 6 nitrogen and oxygen atoms in total. The molecule has 0 fully saturated rings. The van der Waals surface area contributed by atoms with E-state index in [0.29, 0.717) is 11.4 Å². The number of nitrogens with one attached hydrogen (secondary N) is 1. The summed E-state index contributed by atoms with van der Waals surface area (Å²) < 4.78 is 7.22. The molecule has 0 aliphatic rings. The average molecular weight is 294 g/mol. The zero-order valence-electron chi connectivity index (χ0n) is 11.7. The number of rotatable bonds is 5. The van der Waals surface area contributed by atoms with Crippen LogP contribution in [-0.2, 0) is 4.79 Å². The lowest BCUT2D eigenvalue weighted by molar-refractivity contribution is -0.118. The second-order valence-electron chi connectivity index (χ2n) is 4.54. The van der Waals surface area contributed by atoms with Gasteiger partial charge in [-0.2, -0.15) is 0 Å². The van der Waals surface area contributed by atoms with Gasteiger partial charge in [0.25, 0.3) is 5.91 Å². The van der Waals surface area contributed by atoms with Crippen molar-refractivity contribution >= 4 is 11.6 Å². The Morgan fingerprint density at radius 2 is 2.00 bits per heavy atom. The summed E-state index contributed by atoms with van der Waals surface area (Å²) in [5.74, 6) is 0.340. The number of amides is 1. The van der Waals surface area contributed by atoms with E-state index >= 15 is 0 Å². The Morgan fingerprint density at radius 3 is 2.68 bits per heavy atom. The van der Waals surface area contributed by atoms with Crippen LogP contribution in [0.25, 0.3) is 5.69 Å². The average Bonchev–Trinajstić information content (AvgIpc) is 3.09. The van der Waals surface area contributed by atoms with Gasteiger partial charge in [0, 0.05) is 30.0 Å². The van der Waals surface area contributed by atoms with Gasteiger partial charge < -0.3 is 14.6 Å². The highest BCUT2D eigenvalue weighted by atomic mass is 16.5. The Bertz CT molecular complexity index is 725. The van der Waals surface area contributed by atoms with Crippen LogP contribution in [0.15, 0.2) is 67.5 Å². The number of carbonyl (C=O) groups excluding carboxylic acids is 1. The normalized spacial score (nSPS) is 10.2. The third-order valence-electron chi connectivity index (χ3n) is 2.96. The Morgan fingerprint density at radius 1 is 1.14 bits per heavy atom. The van der Waals surface area contributed by atoms with Crippen LogP contribution in [0.5, 0.6) is 5.75 Å². The van der Waals surface area contributed by atoms with Crippen molar-refractivity contribution in [2.45, 2.75) is 0 Å². The molecule has 0 unspecified atom stereocenters. The number of aromatic nitrogens is 3. The highest BCUT2D eigenvalue weighted by Gasteiger charge is 2.04. The summed E-state index contributed by atoms with van der Waals surface area (Å²) in [5, 5.41) is 2.78. The first kappa shape index (κ1) is 13.8. The maximum Gasteiger partial charge on any atom is 0.262 e. The summed E-state index contributed by atoms with van der Waals surface area (Å²) in [7, 11) is 0. The number of hydrogen-bond acceptors (Lipinski definition) is 4. The van der Waals surface area contributed by atoms with Crippen molar-refractivity contribution in [2.24, 2.45) is 0 Å². The van der Waals surface area contributed by atoms with Gasteiger partial charge in [0.05, 0.1) is 12.5 Å². The number of hydrogen-bond donors (Lipinski definition) is 1. The molecule has 2 aromatic heterocycles. The smallest absolute Gasteiger partial charge is 0.262 e. The fraction of sp³-hybridized carbons (Fsp3) is 0.0625. The van der Waals surface area contributed by atoms with E-state index in [1.807, 2.05) is 35.0 Å². The van der Waals surface area contributed by atoms with Crippen LogP contribution in [0.3, 0.4) is 0 Å². The molecule has 2 heterocycles. The minimum Gasteiger partial charge on any atom is -0.482 e. The van der Waals surface area contributed by atoms with Crippen molar-refractivity contribution < 1.29 is 9.53 Å². The van der Waals surface area contributed by atoms with Crippen molar-refractivity contribution in [3.63, 3.8) is 0 Å². The summed E-state index contributed by atoms with van der Waals surface area (Å²) in [6, 6.07) is 11.0. The van der Waals surface area contributed by atoms with Crippen molar-refractivity contribution in [3.05, 3.63) is 67.5 Å². The van der Waals surface area contributed by atoms with Gasteiger partial charge in [-0.1, -0.05) is 0 Å². The number of benzene rings is 1. The van der Waals surface area contributed by atoms with E-state index in [9.17, 15) is 4.79 Å². The van der Waals surface area contributed by atoms with Crippen LogP contribution in [-0.4, -0.2) is 27.0 Å². The third-order valence-corrected chi connectivity index (χ3v) is 2.96. The van der Waals surface area contributed by atoms with Crippen LogP contribution in [0.4, 0.5) is 5.69 Å². The number of imidazole rings is 1. The maximum absolute atomic E-state index is 11.8. The largest absolute Gasteiger partial charge is 0.482 e. The molecule has 0 bridgehead atoms. The van der Waals surface area contributed by atoms with Crippen LogP contribution >= 0.6 is 0 Å². The molecular formula is C16H14N4O2. The van der Waals surface area contributed by atoms with Gasteiger partial charge in [-0.05, 0) is 36.4 Å². The quantitative estimate of drug-likeness (QED) is 0.784. The van der Waals surface area contributed by atoms with Gasteiger partial charge in [0.2, 0.25) is 0 Å². The molecule has 0 radical (unpaired) electrons. The van der Waals surface area contributed by atoms with Gasteiger partial charge in [0.1, 0.15) is 5.75 Å². The molecule has 0 atom stereocenters. The van der Waals surface area contributed by atoms with Crippen molar-refractivity contribution in [2.75, 3.05) is 11.9 Å². The lowest BCUT2D eigenvalue weighted by atomic mass is 10.2. The number of ether oxygens (including phenoxy) is 1. The summed E-state index contributed by atoms with van der Waals surface area (Å²) in [5.41, 5.74) is 1.69. The third kappa shape index (κ3) is 3.49. The summed E-state index contributed by atoms with van der Waals surface area (Å²) >= 11 is 0. The number of carbonyl (C=O) groups is 1. The minimum absolute atomic E-state index is 0.0606. The van der Waals surface area contributed by atoms with E-state index in [1.165, 1.54) is 0 Å². The van der Waals surface area contributed by atoms with E-state index in [0.717, 1.165) is 5.69 Å². The Balaban J connectivity index is 1.55. The first-order chi connectivity index (χ1) is 10.8. The zero-order valence-corrected chi connectivity index (χ0v) is 11.7. The van der Waals surface area contributed by atoms with Crippen molar-refractivity contribution in [3.8, 4) is 11.4 Å². The maximum atomic E-state index is 11.8. The summed E-state index contributed by atoms with van der Waals surface area (Å²) in [6.07, 6.45) is 8.50. The number of nitrogens with zero attached hydrogens (tertiary/aromatic N) is 3. The predicted molar refractivity (Wildman–Crippen MR) is 81.9 cm³/mol. The molecule has 1 amide bonds. The molecule has 1 N–H and O–H groups in total.